The fourth-order valence-corrected chi connectivity index (χ4v) is 2.31. The Kier molecular flexibility index (Phi) is 3.29. The van der Waals surface area contributed by atoms with Gasteiger partial charge in [-0.3, -0.25) is 4.21 Å². The van der Waals surface area contributed by atoms with Crippen LogP contribution in [0.15, 0.2) is 22.7 Å². The number of nitrogens with two attached hydrogens (primary N) is 1. The van der Waals surface area contributed by atoms with Crippen LogP contribution in [-0.4, -0.2) is 10.5 Å². The van der Waals surface area contributed by atoms with Crippen LogP contribution in [0.1, 0.15) is 5.56 Å². The van der Waals surface area contributed by atoms with E-state index in [4.69, 9.17) is 5.73 Å². The van der Waals surface area contributed by atoms with Crippen molar-refractivity contribution in [1.82, 2.24) is 0 Å². The Hall–Kier alpha value is -0.350. The Labute approximate surface area is 82.7 Å². The van der Waals surface area contributed by atoms with Gasteiger partial charge in [0.25, 0.3) is 0 Å². The molecule has 2 N–H and O–H groups in total. The second kappa shape index (κ2) is 4.05. The van der Waals surface area contributed by atoms with Gasteiger partial charge in [0, 0.05) is 33.0 Å². The van der Waals surface area contributed by atoms with Crippen molar-refractivity contribution < 1.29 is 4.21 Å². The first kappa shape index (κ1) is 9.74. The molecule has 0 spiro atoms. The monoisotopic (exact) mass is 247 g/mol. The second-order valence-electron chi connectivity index (χ2n) is 2.57. The van der Waals surface area contributed by atoms with Gasteiger partial charge in [0.2, 0.25) is 0 Å². The van der Waals surface area contributed by atoms with E-state index < -0.39 is 10.8 Å². The molecule has 0 aliphatic rings. The van der Waals surface area contributed by atoms with Crippen LogP contribution >= 0.6 is 15.9 Å². The van der Waals surface area contributed by atoms with Crippen LogP contribution in [-0.2, 0) is 16.6 Å². The summed E-state index contributed by atoms with van der Waals surface area (Å²) in [5.41, 5.74) is 7.30. The average Bonchev–Trinajstić information content (AvgIpc) is 1.94. The molecule has 66 valence electrons. The number of hydrogen-bond donors (Lipinski definition) is 1. The predicted octanol–water partition coefficient (Wildman–Crippen LogP) is 1.91. The summed E-state index contributed by atoms with van der Waals surface area (Å²) in [6.45, 7) is 0. The van der Waals surface area contributed by atoms with Gasteiger partial charge in [0.05, 0.1) is 0 Å². The first-order valence-electron chi connectivity index (χ1n) is 3.43. The van der Waals surface area contributed by atoms with Crippen molar-refractivity contribution in [2.75, 3.05) is 12.0 Å². The van der Waals surface area contributed by atoms with Gasteiger partial charge < -0.3 is 5.73 Å². The summed E-state index contributed by atoms with van der Waals surface area (Å²) in [5, 5.41) is 0. The molecule has 0 saturated carbocycles. The van der Waals surface area contributed by atoms with Gasteiger partial charge in [-0.05, 0) is 17.7 Å². The molecule has 0 aliphatic heterocycles. The average molecular weight is 248 g/mol. The van der Waals surface area contributed by atoms with Gasteiger partial charge >= 0.3 is 0 Å². The van der Waals surface area contributed by atoms with Crippen molar-refractivity contribution in [3.05, 3.63) is 28.2 Å². The Morgan fingerprint density at radius 2 is 2.25 bits per heavy atom. The van der Waals surface area contributed by atoms with E-state index in [-0.39, 0.29) is 0 Å². The maximum Gasteiger partial charge on any atom is 0.0494 e. The molecule has 1 atom stereocenters. The molecule has 2 nitrogen and oxygen atoms in total. The lowest BCUT2D eigenvalue weighted by Crippen LogP contribution is -1.94. The summed E-state index contributed by atoms with van der Waals surface area (Å²) in [7, 11) is -0.804. The zero-order valence-corrected chi connectivity index (χ0v) is 9.11. The lowest BCUT2D eigenvalue weighted by Gasteiger charge is -2.02. The largest absolute Gasteiger partial charge is 0.399 e. The maximum absolute atomic E-state index is 10.9. The van der Waals surface area contributed by atoms with E-state index in [1.807, 2.05) is 18.2 Å². The molecule has 1 rings (SSSR count). The third kappa shape index (κ3) is 2.60. The first-order valence-corrected chi connectivity index (χ1v) is 5.95. The minimum absolute atomic E-state index is 0.570. The summed E-state index contributed by atoms with van der Waals surface area (Å²) >= 11 is 3.36. The Balaban J connectivity index is 2.93. The standard InChI is InChI=1S/C8H10BrNOS/c1-12(11)5-6-2-3-7(10)4-8(6)9/h2-4H,5,10H2,1H3. The highest BCUT2D eigenvalue weighted by Crippen LogP contribution is 2.20. The lowest BCUT2D eigenvalue weighted by atomic mass is 10.2. The van der Waals surface area contributed by atoms with E-state index in [9.17, 15) is 4.21 Å². The molecule has 1 unspecified atom stereocenters. The van der Waals surface area contributed by atoms with E-state index in [1.54, 1.807) is 6.26 Å². The first-order chi connectivity index (χ1) is 5.59. The van der Waals surface area contributed by atoms with Crippen LogP contribution in [0.25, 0.3) is 0 Å². The molecule has 12 heavy (non-hydrogen) atoms. The summed E-state index contributed by atoms with van der Waals surface area (Å²) in [4.78, 5) is 0. The molecule has 0 bridgehead atoms. The molecule has 0 heterocycles. The van der Waals surface area contributed by atoms with E-state index >= 15 is 0 Å². The van der Waals surface area contributed by atoms with Gasteiger partial charge in [0.1, 0.15) is 0 Å². The molecule has 0 saturated heterocycles. The highest BCUT2D eigenvalue weighted by Gasteiger charge is 2.01. The van der Waals surface area contributed by atoms with E-state index in [0.717, 1.165) is 10.0 Å². The fraction of sp³-hybridized carbons (Fsp3) is 0.250. The highest BCUT2D eigenvalue weighted by atomic mass is 79.9. The third-order valence-corrected chi connectivity index (χ3v) is 2.89. The van der Waals surface area contributed by atoms with Crippen molar-refractivity contribution in [3.8, 4) is 0 Å². The smallest absolute Gasteiger partial charge is 0.0494 e. The SMILES string of the molecule is CS(=O)Cc1ccc(N)cc1Br. The van der Waals surface area contributed by atoms with Crippen LogP contribution in [0.4, 0.5) is 5.69 Å². The van der Waals surface area contributed by atoms with Crippen molar-refractivity contribution in [3.63, 3.8) is 0 Å². The Morgan fingerprint density at radius 1 is 1.58 bits per heavy atom. The zero-order valence-electron chi connectivity index (χ0n) is 6.71. The van der Waals surface area contributed by atoms with E-state index in [1.165, 1.54) is 0 Å². The number of rotatable bonds is 2. The highest BCUT2D eigenvalue weighted by molar-refractivity contribution is 9.10. The third-order valence-electron chi connectivity index (χ3n) is 1.44. The molecule has 0 aromatic heterocycles. The van der Waals surface area contributed by atoms with Crippen molar-refractivity contribution in [2.45, 2.75) is 5.75 Å². The molecule has 0 radical (unpaired) electrons. The van der Waals surface area contributed by atoms with Crippen molar-refractivity contribution in [2.24, 2.45) is 0 Å². The number of halogens is 1. The Morgan fingerprint density at radius 3 is 2.75 bits per heavy atom. The summed E-state index contributed by atoms with van der Waals surface area (Å²) in [6, 6.07) is 5.52. The molecule has 0 aliphatic carbocycles. The predicted molar refractivity (Wildman–Crippen MR) is 56.3 cm³/mol. The van der Waals surface area contributed by atoms with E-state index in [2.05, 4.69) is 15.9 Å². The topological polar surface area (TPSA) is 43.1 Å². The van der Waals surface area contributed by atoms with Crippen molar-refractivity contribution >= 4 is 32.4 Å². The van der Waals surface area contributed by atoms with Crippen LogP contribution < -0.4 is 5.73 Å². The van der Waals surface area contributed by atoms with Crippen LogP contribution in [0.3, 0.4) is 0 Å². The quantitative estimate of drug-likeness (QED) is 0.812. The normalized spacial score (nSPS) is 12.8. The summed E-state index contributed by atoms with van der Waals surface area (Å²) in [6.07, 6.45) is 1.68. The molecule has 1 aromatic rings. The van der Waals surface area contributed by atoms with E-state index in [0.29, 0.717) is 11.4 Å². The Bertz CT molecular complexity index is 314. The van der Waals surface area contributed by atoms with Gasteiger partial charge in [-0.2, -0.15) is 0 Å². The van der Waals surface area contributed by atoms with Crippen molar-refractivity contribution in [1.29, 1.82) is 0 Å². The molecular weight excluding hydrogens is 238 g/mol. The maximum atomic E-state index is 10.9. The number of anilines is 1. The van der Waals surface area contributed by atoms with Gasteiger partial charge in [-0.1, -0.05) is 22.0 Å². The summed E-state index contributed by atoms with van der Waals surface area (Å²) in [5.74, 6) is 0.570. The lowest BCUT2D eigenvalue weighted by molar-refractivity contribution is 0.686. The minimum Gasteiger partial charge on any atom is -0.399 e. The summed E-state index contributed by atoms with van der Waals surface area (Å²) < 4.78 is 11.8. The molecule has 0 amide bonds. The van der Waals surface area contributed by atoms with Crippen LogP contribution in [0.2, 0.25) is 0 Å². The molecular formula is C8H10BrNOS. The molecule has 4 heteroatoms. The number of nitrogen functional groups attached to an aromatic ring is 1. The number of benzene rings is 1. The fourth-order valence-electron chi connectivity index (χ4n) is 0.900. The molecule has 0 fully saturated rings. The zero-order chi connectivity index (χ0) is 9.14. The second-order valence-corrected chi connectivity index (χ2v) is 4.86. The minimum atomic E-state index is -0.804. The van der Waals surface area contributed by atoms with Gasteiger partial charge in [-0.15, -0.1) is 0 Å². The van der Waals surface area contributed by atoms with Gasteiger partial charge in [0.15, 0.2) is 0 Å². The van der Waals surface area contributed by atoms with Gasteiger partial charge in [-0.25, -0.2) is 0 Å². The molecule has 1 aromatic carbocycles. The van der Waals surface area contributed by atoms with Crippen LogP contribution in [0, 0.1) is 0 Å². The van der Waals surface area contributed by atoms with Crippen LogP contribution in [0.5, 0.6) is 0 Å². The number of hydrogen-bond acceptors (Lipinski definition) is 2.